The van der Waals surface area contributed by atoms with Gasteiger partial charge in [0.05, 0.1) is 12.1 Å². The summed E-state index contributed by atoms with van der Waals surface area (Å²) in [5, 5.41) is 20.7. The van der Waals surface area contributed by atoms with Crippen molar-refractivity contribution in [3.05, 3.63) is 71.8 Å². The lowest BCUT2D eigenvalue weighted by Gasteiger charge is -2.45. The molecule has 0 saturated heterocycles. The zero-order chi connectivity index (χ0) is 25.4. The average molecular weight is 483 g/mol. The van der Waals surface area contributed by atoms with Crippen LogP contribution in [0.5, 0.6) is 0 Å². The van der Waals surface area contributed by atoms with Crippen molar-refractivity contribution in [1.29, 1.82) is 10.5 Å². The summed E-state index contributed by atoms with van der Waals surface area (Å²) in [6.07, 6.45) is 8.15. The Hall–Kier alpha value is -3.64. The molecule has 0 atom stereocenters. The molecule has 0 bridgehead atoms. The van der Waals surface area contributed by atoms with Crippen LogP contribution in [0.15, 0.2) is 60.7 Å². The third-order valence-electron chi connectivity index (χ3n) is 7.89. The first-order valence-electron chi connectivity index (χ1n) is 13.1. The molecule has 0 aliphatic heterocycles. The topological polar surface area (TPSA) is 88.2 Å². The largest absolute Gasteiger partial charge is 0.318 e. The summed E-state index contributed by atoms with van der Waals surface area (Å²) < 4.78 is 0. The van der Waals surface area contributed by atoms with E-state index in [1.165, 1.54) is 0 Å². The monoisotopic (exact) mass is 482 g/mol. The van der Waals surface area contributed by atoms with Gasteiger partial charge in [-0.05, 0) is 49.9 Å². The molecule has 0 radical (unpaired) electrons. The van der Waals surface area contributed by atoms with Crippen molar-refractivity contribution >= 4 is 11.8 Å². The molecular weight excluding hydrogens is 448 g/mol. The van der Waals surface area contributed by atoms with Gasteiger partial charge in [0.25, 0.3) is 11.8 Å². The quantitative estimate of drug-likeness (QED) is 0.505. The van der Waals surface area contributed by atoms with E-state index in [1.807, 2.05) is 36.4 Å². The Kier molecular flexibility index (Phi) is 8.06. The average Bonchev–Trinajstić information content (AvgIpc) is 2.96. The van der Waals surface area contributed by atoms with E-state index in [-0.39, 0.29) is 24.9 Å². The molecule has 4 rings (SSSR count). The van der Waals surface area contributed by atoms with E-state index in [2.05, 4.69) is 12.1 Å². The predicted octanol–water partition coefficient (Wildman–Crippen LogP) is 5.72. The predicted molar refractivity (Wildman–Crippen MR) is 138 cm³/mol. The van der Waals surface area contributed by atoms with Crippen LogP contribution in [0.2, 0.25) is 0 Å². The lowest BCUT2D eigenvalue weighted by Crippen LogP contribution is -2.58. The highest BCUT2D eigenvalue weighted by atomic mass is 16.2. The van der Waals surface area contributed by atoms with Crippen molar-refractivity contribution in [2.75, 3.05) is 13.1 Å². The van der Waals surface area contributed by atoms with E-state index in [9.17, 15) is 20.1 Å². The molecule has 186 valence electrons. The molecule has 0 N–H and O–H groups in total. The molecule has 2 aliphatic carbocycles. The van der Waals surface area contributed by atoms with E-state index >= 15 is 0 Å². The Morgan fingerprint density at radius 2 is 0.944 bits per heavy atom. The highest BCUT2D eigenvalue weighted by Crippen LogP contribution is 2.37. The maximum atomic E-state index is 13.8. The van der Waals surface area contributed by atoms with E-state index in [1.54, 1.807) is 34.1 Å². The van der Waals surface area contributed by atoms with Crippen molar-refractivity contribution in [3.8, 4) is 12.1 Å². The summed E-state index contributed by atoms with van der Waals surface area (Å²) in [5.41, 5.74) is -0.740. The number of carbonyl (C=O) groups is 2. The fourth-order valence-electron chi connectivity index (χ4n) is 5.85. The number of nitrogens with zero attached hydrogens (tertiary/aromatic N) is 4. The van der Waals surface area contributed by atoms with Gasteiger partial charge in [0.1, 0.15) is 11.1 Å². The van der Waals surface area contributed by atoms with Crippen molar-refractivity contribution in [3.63, 3.8) is 0 Å². The van der Waals surface area contributed by atoms with E-state index < -0.39 is 11.1 Å². The molecule has 2 aromatic rings. The third kappa shape index (κ3) is 5.14. The minimum absolute atomic E-state index is 0.194. The third-order valence-corrected chi connectivity index (χ3v) is 7.89. The molecule has 2 fully saturated rings. The summed E-state index contributed by atoms with van der Waals surface area (Å²) in [6.45, 7) is 0.423. The van der Waals surface area contributed by atoms with E-state index in [4.69, 9.17) is 0 Å². The van der Waals surface area contributed by atoms with Crippen LogP contribution in [-0.2, 0) is 0 Å². The molecule has 0 heterocycles. The second-order valence-corrected chi connectivity index (χ2v) is 10.1. The zero-order valence-corrected chi connectivity index (χ0v) is 20.9. The summed E-state index contributed by atoms with van der Waals surface area (Å²) in [6, 6.07) is 23.1. The number of amides is 2. The van der Waals surface area contributed by atoms with Gasteiger partial charge >= 0.3 is 0 Å². The van der Waals surface area contributed by atoms with E-state index in [0.717, 1.165) is 38.5 Å². The van der Waals surface area contributed by atoms with Gasteiger partial charge < -0.3 is 9.80 Å². The van der Waals surface area contributed by atoms with Gasteiger partial charge in [0.15, 0.2) is 0 Å². The van der Waals surface area contributed by atoms with Crippen LogP contribution < -0.4 is 0 Å². The first-order valence-corrected chi connectivity index (χ1v) is 13.1. The number of hydrogen-bond acceptors (Lipinski definition) is 4. The number of nitriles is 2. The van der Waals surface area contributed by atoms with Crippen molar-refractivity contribution < 1.29 is 9.59 Å². The minimum Gasteiger partial charge on any atom is -0.318 e. The summed E-state index contributed by atoms with van der Waals surface area (Å²) in [5.74, 6) is -0.387. The smallest absolute Gasteiger partial charge is 0.255 e. The highest BCUT2D eigenvalue weighted by molar-refractivity contribution is 5.96. The second kappa shape index (κ2) is 11.4. The van der Waals surface area contributed by atoms with Gasteiger partial charge in [-0.25, -0.2) is 0 Å². The number of carbonyl (C=O) groups excluding carboxylic acids is 2. The van der Waals surface area contributed by atoms with Crippen LogP contribution >= 0.6 is 0 Å². The molecule has 0 spiro atoms. The Bertz CT molecular complexity index is 1030. The second-order valence-electron chi connectivity index (χ2n) is 10.1. The molecule has 6 heteroatoms. The molecule has 2 aromatic carbocycles. The van der Waals surface area contributed by atoms with Crippen molar-refractivity contribution in [1.82, 2.24) is 9.80 Å². The Balaban J connectivity index is 1.69. The van der Waals surface area contributed by atoms with Crippen LogP contribution in [-0.4, -0.2) is 45.8 Å². The fourth-order valence-corrected chi connectivity index (χ4v) is 5.85. The standard InChI is InChI=1S/C30H34N4O2/c31-23-29(17-9-3-10-18-29)33(27(35)25-13-5-1-6-14-25)21-22-34(28(36)26-15-7-2-8-16-26)30(24-32)19-11-4-12-20-30/h1-2,5-8,13-16H,3-4,9-12,17-22H2. The van der Waals surface area contributed by atoms with Gasteiger partial charge in [0.2, 0.25) is 0 Å². The first-order chi connectivity index (χ1) is 17.6. The van der Waals surface area contributed by atoms with Gasteiger partial charge in [-0.1, -0.05) is 74.9 Å². The zero-order valence-electron chi connectivity index (χ0n) is 20.9. The highest BCUT2D eigenvalue weighted by Gasteiger charge is 2.45. The Labute approximate surface area is 214 Å². The molecule has 6 nitrogen and oxygen atoms in total. The summed E-state index contributed by atoms with van der Waals surface area (Å²) in [4.78, 5) is 31.0. The Morgan fingerprint density at radius 1 is 0.611 bits per heavy atom. The number of benzene rings is 2. The fraction of sp³-hybridized carbons (Fsp3) is 0.467. The molecule has 2 aliphatic rings. The normalized spacial score (nSPS) is 18.3. The molecule has 0 unspecified atom stereocenters. The van der Waals surface area contributed by atoms with Crippen LogP contribution in [0.4, 0.5) is 0 Å². The maximum absolute atomic E-state index is 13.8. The number of rotatable bonds is 7. The lowest BCUT2D eigenvalue weighted by atomic mass is 9.80. The molecule has 2 amide bonds. The summed E-state index contributed by atoms with van der Waals surface area (Å²) in [7, 11) is 0. The summed E-state index contributed by atoms with van der Waals surface area (Å²) >= 11 is 0. The SMILES string of the molecule is N#CC1(N(CCN(C(=O)c2ccccc2)C2(C#N)CCCCC2)C(=O)c2ccccc2)CCCCC1. The Morgan fingerprint density at radius 3 is 1.25 bits per heavy atom. The van der Waals surface area contributed by atoms with Crippen LogP contribution in [0.1, 0.15) is 84.9 Å². The first kappa shape index (κ1) is 25.5. The van der Waals surface area contributed by atoms with Gasteiger partial charge in [0, 0.05) is 24.2 Å². The van der Waals surface area contributed by atoms with Gasteiger partial charge in [-0.3, -0.25) is 9.59 Å². The lowest BCUT2D eigenvalue weighted by molar-refractivity contribution is 0.0307. The van der Waals surface area contributed by atoms with E-state index in [0.29, 0.717) is 36.8 Å². The molecule has 2 saturated carbocycles. The van der Waals surface area contributed by atoms with Gasteiger partial charge in [-0.15, -0.1) is 0 Å². The molecular formula is C30H34N4O2. The number of hydrogen-bond donors (Lipinski definition) is 0. The van der Waals surface area contributed by atoms with Crippen LogP contribution in [0.3, 0.4) is 0 Å². The minimum atomic E-state index is -0.904. The van der Waals surface area contributed by atoms with Crippen LogP contribution in [0, 0.1) is 22.7 Å². The van der Waals surface area contributed by atoms with Crippen molar-refractivity contribution in [2.45, 2.75) is 75.3 Å². The van der Waals surface area contributed by atoms with Gasteiger partial charge in [-0.2, -0.15) is 10.5 Å². The molecule has 0 aromatic heterocycles. The molecule has 36 heavy (non-hydrogen) atoms. The maximum Gasteiger partial charge on any atom is 0.255 e. The van der Waals surface area contributed by atoms with Crippen molar-refractivity contribution in [2.24, 2.45) is 0 Å². The van der Waals surface area contributed by atoms with Crippen LogP contribution in [0.25, 0.3) is 0 Å².